The van der Waals surface area contributed by atoms with Crippen molar-refractivity contribution >= 4 is 5.78 Å². The third-order valence-electron chi connectivity index (χ3n) is 3.22. The second kappa shape index (κ2) is 5.38. The smallest absolute Gasteiger partial charge is 0.171 e. The molecule has 100 valence electrons. The third-order valence-corrected chi connectivity index (χ3v) is 3.22. The van der Waals surface area contributed by atoms with Crippen molar-refractivity contribution in [1.29, 1.82) is 0 Å². The monoisotopic (exact) mass is 254 g/mol. The highest BCUT2D eigenvalue weighted by atomic mass is 19.1. The maximum absolute atomic E-state index is 13.9. The zero-order chi connectivity index (χ0) is 13.9. The number of benzene rings is 1. The predicted molar refractivity (Wildman–Crippen MR) is 67.9 cm³/mol. The zero-order valence-corrected chi connectivity index (χ0v) is 11.5. The van der Waals surface area contributed by atoms with Crippen molar-refractivity contribution in [2.45, 2.75) is 27.2 Å². The van der Waals surface area contributed by atoms with E-state index in [0.29, 0.717) is 12.2 Å². The molecule has 0 aliphatic rings. The summed E-state index contributed by atoms with van der Waals surface area (Å²) in [5, 5.41) is 0. The fraction of sp³-hybridized carbons (Fsp3) is 0.500. The van der Waals surface area contributed by atoms with Crippen molar-refractivity contribution in [1.82, 2.24) is 0 Å². The Bertz CT molecular complexity index is 453. The second-order valence-electron chi connectivity index (χ2n) is 4.75. The average molecular weight is 254 g/mol. The van der Waals surface area contributed by atoms with E-state index in [1.807, 2.05) is 6.92 Å². The minimum absolute atomic E-state index is 0.0412. The van der Waals surface area contributed by atoms with Crippen molar-refractivity contribution in [3.63, 3.8) is 0 Å². The highest BCUT2D eigenvalue weighted by Crippen LogP contribution is 2.33. The van der Waals surface area contributed by atoms with E-state index in [1.165, 1.54) is 26.4 Å². The van der Waals surface area contributed by atoms with Gasteiger partial charge in [-0.05, 0) is 12.5 Å². The second-order valence-corrected chi connectivity index (χ2v) is 4.75. The number of carbonyl (C=O) groups is 1. The summed E-state index contributed by atoms with van der Waals surface area (Å²) in [6, 6.07) is 2.58. The SMILES string of the molecule is CCC(C)(C)C(=O)c1cc(OC)c(OC)cc1F. The van der Waals surface area contributed by atoms with Gasteiger partial charge in [0.2, 0.25) is 0 Å². The highest BCUT2D eigenvalue weighted by molar-refractivity contribution is 6.00. The molecule has 0 radical (unpaired) electrons. The molecule has 0 heterocycles. The van der Waals surface area contributed by atoms with Crippen molar-refractivity contribution in [3.8, 4) is 11.5 Å². The van der Waals surface area contributed by atoms with Crippen LogP contribution in [0.3, 0.4) is 0 Å². The van der Waals surface area contributed by atoms with Gasteiger partial charge in [0.05, 0.1) is 19.8 Å². The molecular weight excluding hydrogens is 235 g/mol. The van der Waals surface area contributed by atoms with Gasteiger partial charge in [0.15, 0.2) is 17.3 Å². The van der Waals surface area contributed by atoms with Crippen LogP contribution in [0.15, 0.2) is 12.1 Å². The van der Waals surface area contributed by atoms with Gasteiger partial charge in [0.25, 0.3) is 0 Å². The number of halogens is 1. The van der Waals surface area contributed by atoms with E-state index in [0.717, 1.165) is 0 Å². The molecular formula is C14H19FO3. The van der Waals surface area contributed by atoms with Crippen LogP contribution in [0.1, 0.15) is 37.6 Å². The van der Waals surface area contributed by atoms with Crippen molar-refractivity contribution < 1.29 is 18.7 Å². The van der Waals surface area contributed by atoms with E-state index < -0.39 is 11.2 Å². The standard InChI is InChI=1S/C14H19FO3/c1-6-14(2,3)13(16)9-7-11(17-4)12(18-5)8-10(9)15/h7-8H,6H2,1-5H3. The van der Waals surface area contributed by atoms with Gasteiger partial charge < -0.3 is 9.47 Å². The summed E-state index contributed by atoms with van der Waals surface area (Å²) in [7, 11) is 2.88. The summed E-state index contributed by atoms with van der Waals surface area (Å²) >= 11 is 0. The summed E-state index contributed by atoms with van der Waals surface area (Å²) in [5.74, 6) is -0.183. The number of hydrogen-bond donors (Lipinski definition) is 0. The van der Waals surface area contributed by atoms with Gasteiger partial charge >= 0.3 is 0 Å². The van der Waals surface area contributed by atoms with Gasteiger partial charge in [-0.1, -0.05) is 20.8 Å². The average Bonchev–Trinajstić information content (AvgIpc) is 2.37. The van der Waals surface area contributed by atoms with Gasteiger partial charge in [-0.15, -0.1) is 0 Å². The number of carbonyl (C=O) groups excluding carboxylic acids is 1. The zero-order valence-electron chi connectivity index (χ0n) is 11.5. The van der Waals surface area contributed by atoms with Crippen LogP contribution >= 0.6 is 0 Å². The third kappa shape index (κ3) is 2.63. The van der Waals surface area contributed by atoms with Crippen LogP contribution in [0.2, 0.25) is 0 Å². The molecule has 0 aliphatic carbocycles. The van der Waals surface area contributed by atoms with Crippen molar-refractivity contribution in [2.75, 3.05) is 14.2 Å². The lowest BCUT2D eigenvalue weighted by atomic mass is 9.82. The lowest BCUT2D eigenvalue weighted by Crippen LogP contribution is -2.24. The fourth-order valence-corrected chi connectivity index (χ4v) is 1.55. The normalized spacial score (nSPS) is 11.2. The molecule has 0 aliphatic heterocycles. The first-order chi connectivity index (χ1) is 8.37. The lowest BCUT2D eigenvalue weighted by molar-refractivity contribution is 0.0828. The maximum Gasteiger partial charge on any atom is 0.171 e. The van der Waals surface area contributed by atoms with Crippen molar-refractivity contribution in [3.05, 3.63) is 23.5 Å². The first-order valence-electron chi connectivity index (χ1n) is 5.83. The van der Waals surface area contributed by atoms with Crippen LogP contribution in [-0.4, -0.2) is 20.0 Å². The van der Waals surface area contributed by atoms with E-state index in [-0.39, 0.29) is 17.1 Å². The molecule has 0 saturated carbocycles. The molecule has 0 spiro atoms. The van der Waals surface area contributed by atoms with Crippen LogP contribution in [0.5, 0.6) is 11.5 Å². The Kier molecular flexibility index (Phi) is 4.33. The van der Waals surface area contributed by atoms with Crippen LogP contribution in [0.4, 0.5) is 4.39 Å². The Morgan fingerprint density at radius 2 is 1.72 bits per heavy atom. The molecule has 18 heavy (non-hydrogen) atoms. The number of hydrogen-bond acceptors (Lipinski definition) is 3. The van der Waals surface area contributed by atoms with Crippen LogP contribution < -0.4 is 9.47 Å². The largest absolute Gasteiger partial charge is 0.493 e. The fourth-order valence-electron chi connectivity index (χ4n) is 1.55. The molecule has 1 rings (SSSR count). The van der Waals surface area contributed by atoms with E-state index in [2.05, 4.69) is 0 Å². The number of ether oxygens (including phenoxy) is 2. The van der Waals surface area contributed by atoms with E-state index in [9.17, 15) is 9.18 Å². The Hall–Kier alpha value is -1.58. The van der Waals surface area contributed by atoms with Gasteiger partial charge in [0, 0.05) is 11.5 Å². The van der Waals surface area contributed by atoms with Gasteiger partial charge in [0.1, 0.15) is 5.82 Å². The summed E-state index contributed by atoms with van der Waals surface area (Å²) < 4.78 is 24.0. The van der Waals surface area contributed by atoms with Gasteiger partial charge in [-0.3, -0.25) is 4.79 Å². The summed E-state index contributed by atoms with van der Waals surface area (Å²) in [5.41, 5.74) is -0.556. The van der Waals surface area contributed by atoms with Crippen LogP contribution in [-0.2, 0) is 0 Å². The minimum Gasteiger partial charge on any atom is -0.493 e. The maximum atomic E-state index is 13.9. The first kappa shape index (κ1) is 14.5. The van der Waals surface area contributed by atoms with Crippen LogP contribution in [0, 0.1) is 11.2 Å². The van der Waals surface area contributed by atoms with Crippen molar-refractivity contribution in [2.24, 2.45) is 5.41 Å². The van der Waals surface area contributed by atoms with Gasteiger partial charge in [-0.25, -0.2) is 4.39 Å². The summed E-state index contributed by atoms with van der Waals surface area (Å²) in [4.78, 5) is 12.2. The molecule has 1 aromatic rings. The summed E-state index contributed by atoms with van der Waals surface area (Å²) in [6.07, 6.45) is 0.639. The molecule has 0 fully saturated rings. The number of methoxy groups -OCH3 is 2. The molecule has 4 heteroatoms. The Labute approximate surface area is 107 Å². The molecule has 0 aromatic heterocycles. The quantitative estimate of drug-likeness (QED) is 0.755. The van der Waals surface area contributed by atoms with E-state index in [1.54, 1.807) is 13.8 Å². The molecule has 0 amide bonds. The molecule has 0 N–H and O–H groups in total. The highest BCUT2D eigenvalue weighted by Gasteiger charge is 2.29. The molecule has 3 nitrogen and oxygen atoms in total. The minimum atomic E-state index is -0.597. The topological polar surface area (TPSA) is 35.5 Å². The molecule has 0 saturated heterocycles. The van der Waals surface area contributed by atoms with E-state index in [4.69, 9.17) is 9.47 Å². The van der Waals surface area contributed by atoms with Gasteiger partial charge in [-0.2, -0.15) is 0 Å². The molecule has 0 atom stereocenters. The first-order valence-corrected chi connectivity index (χ1v) is 5.83. The predicted octanol–water partition coefficient (Wildman–Crippen LogP) is 3.46. The Balaban J connectivity index is 3.30. The van der Waals surface area contributed by atoms with Crippen LogP contribution in [0.25, 0.3) is 0 Å². The molecule has 0 bridgehead atoms. The molecule has 1 aromatic carbocycles. The van der Waals surface area contributed by atoms with E-state index >= 15 is 0 Å². The lowest BCUT2D eigenvalue weighted by Gasteiger charge is -2.21. The Morgan fingerprint density at radius 1 is 1.22 bits per heavy atom. The molecule has 0 unspecified atom stereocenters. The summed E-state index contributed by atoms with van der Waals surface area (Å²) in [6.45, 7) is 5.49. The number of rotatable bonds is 5. The Morgan fingerprint density at radius 3 is 2.17 bits per heavy atom. The number of ketones is 1. The number of Topliss-reactive ketones (excluding diaryl/α,β-unsaturated/α-hetero) is 1.